The Hall–Kier alpha value is -3.71. The van der Waals surface area contributed by atoms with E-state index in [-0.39, 0.29) is 5.91 Å². The van der Waals surface area contributed by atoms with Crippen LogP contribution in [0.5, 0.6) is 5.75 Å². The van der Waals surface area contributed by atoms with Crippen LogP contribution in [0, 0.1) is 0 Å². The first kappa shape index (κ1) is 23.0. The van der Waals surface area contributed by atoms with E-state index in [4.69, 9.17) is 4.74 Å². The van der Waals surface area contributed by atoms with Crippen LogP contribution < -0.4 is 4.74 Å². The maximum absolute atomic E-state index is 12.5. The summed E-state index contributed by atoms with van der Waals surface area (Å²) in [7, 11) is 4.86. The van der Waals surface area contributed by atoms with Gasteiger partial charge in [0.1, 0.15) is 5.75 Å². The lowest BCUT2D eigenvalue weighted by atomic mass is 9.91. The average Bonchev–Trinajstić information content (AvgIpc) is 3.20. The number of aromatic amines is 1. The monoisotopic (exact) mass is 432 g/mol. The summed E-state index contributed by atoms with van der Waals surface area (Å²) in [5, 5.41) is 18.2. The summed E-state index contributed by atoms with van der Waals surface area (Å²) in [6.45, 7) is 7.09. The van der Waals surface area contributed by atoms with Crippen molar-refractivity contribution in [3.05, 3.63) is 65.2 Å². The van der Waals surface area contributed by atoms with Gasteiger partial charge in [-0.15, -0.1) is 0 Å². The van der Waals surface area contributed by atoms with E-state index in [0.29, 0.717) is 17.1 Å². The lowest BCUT2D eigenvalue weighted by Gasteiger charge is -2.26. The molecule has 0 saturated carbocycles. The molecule has 0 radical (unpaired) electrons. The number of hydrogen-bond acceptors (Lipinski definition) is 5. The summed E-state index contributed by atoms with van der Waals surface area (Å²) < 4.78 is 5.50. The SMILES string of the molecule is C=Nc1n[nH]c(-c2ccccc2OC)c1/C=C(\C)c1cccc(C(C)(O)C(=O)N(C)C)c1. The van der Waals surface area contributed by atoms with Gasteiger partial charge >= 0.3 is 0 Å². The Morgan fingerprint density at radius 2 is 1.97 bits per heavy atom. The van der Waals surface area contributed by atoms with E-state index in [1.807, 2.05) is 55.5 Å². The molecule has 166 valence electrons. The van der Waals surface area contributed by atoms with Gasteiger partial charge in [0.15, 0.2) is 11.4 Å². The number of nitrogens with one attached hydrogen (secondary N) is 1. The Kier molecular flexibility index (Phi) is 6.60. The second-order valence-electron chi connectivity index (χ2n) is 7.87. The second-order valence-corrected chi connectivity index (χ2v) is 7.87. The molecule has 2 aromatic carbocycles. The minimum atomic E-state index is -1.63. The van der Waals surface area contributed by atoms with Crippen molar-refractivity contribution in [3.8, 4) is 17.0 Å². The van der Waals surface area contributed by atoms with Crippen molar-refractivity contribution in [3.63, 3.8) is 0 Å². The number of para-hydroxylation sites is 1. The molecule has 2 N–H and O–H groups in total. The highest BCUT2D eigenvalue weighted by Crippen LogP contribution is 2.36. The third-order valence-corrected chi connectivity index (χ3v) is 5.37. The Labute approximate surface area is 188 Å². The third kappa shape index (κ3) is 4.33. The van der Waals surface area contributed by atoms with Crippen molar-refractivity contribution in [2.24, 2.45) is 4.99 Å². The molecule has 0 spiro atoms. The number of hydrogen-bond donors (Lipinski definition) is 2. The van der Waals surface area contributed by atoms with E-state index >= 15 is 0 Å². The predicted octanol–water partition coefficient (Wildman–Crippen LogP) is 4.27. The summed E-state index contributed by atoms with van der Waals surface area (Å²) in [6, 6.07) is 15.0. The van der Waals surface area contributed by atoms with E-state index in [2.05, 4.69) is 21.9 Å². The van der Waals surface area contributed by atoms with E-state index in [1.165, 1.54) is 11.8 Å². The number of ether oxygens (including phenoxy) is 1. The van der Waals surface area contributed by atoms with Gasteiger partial charge in [-0.25, -0.2) is 4.99 Å². The van der Waals surface area contributed by atoms with Gasteiger partial charge < -0.3 is 14.7 Å². The number of allylic oxidation sites excluding steroid dienone is 1. The quantitative estimate of drug-likeness (QED) is 0.546. The minimum absolute atomic E-state index is 0.386. The van der Waals surface area contributed by atoms with Crippen molar-refractivity contribution in [2.75, 3.05) is 21.2 Å². The summed E-state index contributed by atoms with van der Waals surface area (Å²) >= 11 is 0. The van der Waals surface area contributed by atoms with Crippen LogP contribution in [-0.2, 0) is 10.4 Å². The van der Waals surface area contributed by atoms with Crippen LogP contribution in [0.3, 0.4) is 0 Å². The van der Waals surface area contributed by atoms with Crippen molar-refractivity contribution >= 4 is 30.1 Å². The first-order valence-corrected chi connectivity index (χ1v) is 10.1. The molecule has 0 aliphatic rings. The van der Waals surface area contributed by atoms with Gasteiger partial charge in [-0.1, -0.05) is 30.3 Å². The zero-order valence-corrected chi connectivity index (χ0v) is 19.0. The van der Waals surface area contributed by atoms with E-state index in [9.17, 15) is 9.90 Å². The van der Waals surface area contributed by atoms with Gasteiger partial charge in [-0.2, -0.15) is 5.10 Å². The normalized spacial score (nSPS) is 13.4. The van der Waals surface area contributed by atoms with Crippen LogP contribution in [0.1, 0.15) is 30.5 Å². The number of amides is 1. The molecular weight excluding hydrogens is 404 g/mol. The number of H-pyrrole nitrogens is 1. The van der Waals surface area contributed by atoms with Crippen LogP contribution in [0.2, 0.25) is 0 Å². The summed E-state index contributed by atoms with van der Waals surface area (Å²) in [6.07, 6.45) is 1.96. The Morgan fingerprint density at radius 1 is 1.25 bits per heavy atom. The lowest BCUT2D eigenvalue weighted by Crippen LogP contribution is -2.41. The van der Waals surface area contributed by atoms with Crippen LogP contribution in [0.15, 0.2) is 53.5 Å². The number of aliphatic hydroxyl groups is 1. The van der Waals surface area contributed by atoms with E-state index < -0.39 is 5.60 Å². The van der Waals surface area contributed by atoms with E-state index in [0.717, 1.165) is 28.0 Å². The molecule has 3 aromatic rings. The largest absolute Gasteiger partial charge is 0.496 e. The molecule has 1 amide bonds. The molecule has 32 heavy (non-hydrogen) atoms. The van der Waals surface area contributed by atoms with Crippen LogP contribution in [0.4, 0.5) is 5.82 Å². The molecular formula is C25H28N4O3. The number of aromatic nitrogens is 2. The highest BCUT2D eigenvalue weighted by atomic mass is 16.5. The molecule has 1 atom stereocenters. The maximum atomic E-state index is 12.5. The van der Waals surface area contributed by atoms with Crippen molar-refractivity contribution < 1.29 is 14.6 Å². The number of benzene rings is 2. The molecule has 1 aromatic heterocycles. The summed E-state index contributed by atoms with van der Waals surface area (Å²) in [5.41, 5.74) is 3.02. The zero-order chi connectivity index (χ0) is 23.5. The average molecular weight is 433 g/mol. The number of nitrogens with zero attached hydrogens (tertiary/aromatic N) is 3. The van der Waals surface area contributed by atoms with Gasteiger partial charge in [-0.3, -0.25) is 9.89 Å². The second kappa shape index (κ2) is 9.20. The molecule has 0 bridgehead atoms. The molecule has 0 saturated heterocycles. The topological polar surface area (TPSA) is 90.8 Å². The number of carbonyl (C=O) groups is 1. The van der Waals surface area contributed by atoms with Crippen LogP contribution in [0.25, 0.3) is 22.9 Å². The fourth-order valence-corrected chi connectivity index (χ4v) is 3.58. The molecule has 0 aliphatic carbocycles. The predicted molar refractivity (Wildman–Crippen MR) is 128 cm³/mol. The zero-order valence-electron chi connectivity index (χ0n) is 19.0. The Balaban J connectivity index is 2.08. The number of aliphatic imine (C=N–C) groups is 1. The van der Waals surface area contributed by atoms with E-state index in [1.54, 1.807) is 27.3 Å². The van der Waals surface area contributed by atoms with Gasteiger partial charge in [-0.05, 0) is 61.5 Å². The first-order valence-electron chi connectivity index (χ1n) is 10.1. The lowest BCUT2D eigenvalue weighted by molar-refractivity contribution is -0.147. The van der Waals surface area contributed by atoms with Gasteiger partial charge in [0.2, 0.25) is 0 Å². The van der Waals surface area contributed by atoms with Gasteiger partial charge in [0, 0.05) is 25.2 Å². The number of carbonyl (C=O) groups excluding carboxylic acids is 1. The standard InChI is InChI=1S/C25H28N4O3/c1-16(17-10-9-11-18(15-17)25(2,31)24(30)29(4)5)14-20-22(27-28-23(20)26-3)19-12-7-8-13-21(19)32-6/h7-15,31H,3H2,1-2,4-6H3,(H,27,28)/b16-14+. The molecule has 3 rings (SSSR count). The molecule has 0 fully saturated rings. The highest BCUT2D eigenvalue weighted by Gasteiger charge is 2.34. The summed E-state index contributed by atoms with van der Waals surface area (Å²) in [4.78, 5) is 17.9. The van der Waals surface area contributed by atoms with Crippen molar-refractivity contribution in [1.29, 1.82) is 0 Å². The molecule has 1 unspecified atom stereocenters. The summed E-state index contributed by atoms with van der Waals surface area (Å²) in [5.74, 6) is 0.790. The van der Waals surface area contributed by atoms with Gasteiger partial charge in [0.05, 0.1) is 12.8 Å². The molecule has 1 heterocycles. The molecule has 7 nitrogen and oxygen atoms in total. The van der Waals surface area contributed by atoms with Gasteiger partial charge in [0.25, 0.3) is 5.91 Å². The number of methoxy groups -OCH3 is 1. The smallest absolute Gasteiger partial charge is 0.258 e. The maximum Gasteiger partial charge on any atom is 0.258 e. The Bertz CT molecular complexity index is 1180. The minimum Gasteiger partial charge on any atom is -0.496 e. The van der Waals surface area contributed by atoms with Crippen LogP contribution in [-0.4, -0.2) is 54.0 Å². The fraction of sp³-hybridized carbons (Fsp3) is 0.240. The Morgan fingerprint density at radius 3 is 2.62 bits per heavy atom. The van der Waals surface area contributed by atoms with Crippen LogP contribution >= 0.6 is 0 Å². The molecule has 0 aliphatic heterocycles. The third-order valence-electron chi connectivity index (χ3n) is 5.37. The number of rotatable bonds is 7. The number of likely N-dealkylation sites (N-methyl/N-ethyl adjacent to an activating group) is 1. The highest BCUT2D eigenvalue weighted by molar-refractivity contribution is 5.91. The van der Waals surface area contributed by atoms with Crippen molar-refractivity contribution in [1.82, 2.24) is 15.1 Å². The fourth-order valence-electron chi connectivity index (χ4n) is 3.58. The first-order chi connectivity index (χ1) is 15.2. The molecule has 7 heteroatoms. The van der Waals surface area contributed by atoms with Crippen molar-refractivity contribution in [2.45, 2.75) is 19.4 Å².